The maximum atomic E-state index is 6.40. The van der Waals surface area contributed by atoms with Crippen molar-refractivity contribution in [3.05, 3.63) is 108 Å². The molecule has 1 fully saturated rings. The zero-order valence-electron chi connectivity index (χ0n) is 19.2. The number of rotatable bonds is 11. The minimum atomic E-state index is -0.540. The number of hydrogen-bond donors (Lipinski definition) is 0. The lowest BCUT2D eigenvalue weighted by Gasteiger charge is -2.27. The molecule has 0 N–H and O–H groups in total. The lowest BCUT2D eigenvalue weighted by molar-refractivity contribution is -0.178. The fraction of sp³-hybridized carbons (Fsp3) is 0.357. The Morgan fingerprint density at radius 2 is 1.12 bits per heavy atom. The molecule has 1 saturated heterocycles. The zero-order valence-corrected chi connectivity index (χ0v) is 19.2. The van der Waals surface area contributed by atoms with E-state index < -0.39 is 6.29 Å². The van der Waals surface area contributed by atoms with E-state index in [2.05, 4.69) is 12.1 Å². The van der Waals surface area contributed by atoms with Crippen LogP contribution >= 0.6 is 0 Å². The summed E-state index contributed by atoms with van der Waals surface area (Å²) in [6.07, 6.45) is -1.81. The van der Waals surface area contributed by atoms with Gasteiger partial charge in [0.1, 0.15) is 18.3 Å². The van der Waals surface area contributed by atoms with E-state index in [9.17, 15) is 0 Å². The minimum absolute atomic E-state index is 0.214. The van der Waals surface area contributed by atoms with Crippen molar-refractivity contribution in [2.45, 2.75) is 57.5 Å². The van der Waals surface area contributed by atoms with Crippen LogP contribution in [-0.2, 0) is 43.5 Å². The molecule has 4 rings (SSSR count). The van der Waals surface area contributed by atoms with Crippen molar-refractivity contribution in [2.24, 2.45) is 0 Å². The standard InChI is InChI=1S/C28H32O5/c1-21(30-18-22-12-6-3-7-13-22)25-26(31-19-23-14-8-4-9-15-23)27(28(29-2)33-25)32-20-24-16-10-5-11-17-24/h3-17,21,25-28H,18-20H2,1-2H3/t21-,25+,26+,27-,28-/m1/s1. The van der Waals surface area contributed by atoms with Crippen LogP contribution in [0.25, 0.3) is 0 Å². The van der Waals surface area contributed by atoms with E-state index >= 15 is 0 Å². The number of methoxy groups -OCH3 is 1. The van der Waals surface area contributed by atoms with Crippen LogP contribution in [0.1, 0.15) is 23.6 Å². The second kappa shape index (κ2) is 12.1. The highest BCUT2D eigenvalue weighted by Gasteiger charge is 2.49. The van der Waals surface area contributed by atoms with Crippen LogP contribution in [0.15, 0.2) is 91.0 Å². The van der Waals surface area contributed by atoms with Gasteiger partial charge in [-0.25, -0.2) is 0 Å². The fourth-order valence-electron chi connectivity index (χ4n) is 4.01. The van der Waals surface area contributed by atoms with Gasteiger partial charge in [0.05, 0.1) is 25.9 Å². The predicted octanol–water partition coefficient (Wildman–Crippen LogP) is 5.13. The van der Waals surface area contributed by atoms with Crippen LogP contribution in [0.2, 0.25) is 0 Å². The molecule has 5 nitrogen and oxygen atoms in total. The lowest BCUT2D eigenvalue weighted by atomic mass is 10.1. The highest BCUT2D eigenvalue weighted by molar-refractivity contribution is 5.15. The quantitative estimate of drug-likeness (QED) is 0.407. The van der Waals surface area contributed by atoms with Crippen LogP contribution in [0.3, 0.4) is 0 Å². The van der Waals surface area contributed by atoms with E-state index in [-0.39, 0.29) is 24.4 Å². The Kier molecular flexibility index (Phi) is 8.64. The first kappa shape index (κ1) is 23.6. The average molecular weight is 449 g/mol. The van der Waals surface area contributed by atoms with Gasteiger partial charge in [-0.15, -0.1) is 0 Å². The van der Waals surface area contributed by atoms with Gasteiger partial charge in [0.15, 0.2) is 6.29 Å². The van der Waals surface area contributed by atoms with Gasteiger partial charge in [0.2, 0.25) is 0 Å². The summed E-state index contributed by atoms with van der Waals surface area (Å²) in [6, 6.07) is 30.3. The van der Waals surface area contributed by atoms with Gasteiger partial charge in [-0.2, -0.15) is 0 Å². The van der Waals surface area contributed by atoms with Gasteiger partial charge in [0, 0.05) is 7.11 Å². The summed E-state index contributed by atoms with van der Waals surface area (Å²) >= 11 is 0. The molecular weight excluding hydrogens is 416 g/mol. The third-order valence-corrected chi connectivity index (χ3v) is 5.83. The van der Waals surface area contributed by atoms with Crippen LogP contribution < -0.4 is 0 Å². The summed E-state index contributed by atoms with van der Waals surface area (Å²) in [6.45, 7) is 3.42. The number of benzene rings is 3. The Morgan fingerprint density at radius 1 is 0.667 bits per heavy atom. The third-order valence-electron chi connectivity index (χ3n) is 5.83. The van der Waals surface area contributed by atoms with Gasteiger partial charge >= 0.3 is 0 Å². The summed E-state index contributed by atoms with van der Waals surface area (Å²) in [4.78, 5) is 0. The smallest absolute Gasteiger partial charge is 0.186 e. The SMILES string of the molecule is CO[C@@H]1O[C@@H]([C@@H](C)OCc2ccccc2)[C@H](OCc2ccccc2)[C@H]1OCc1ccccc1. The Bertz CT molecular complexity index is 934. The van der Waals surface area contributed by atoms with E-state index in [1.165, 1.54) is 0 Å². The minimum Gasteiger partial charge on any atom is -0.371 e. The summed E-state index contributed by atoms with van der Waals surface area (Å²) in [5, 5.41) is 0. The van der Waals surface area contributed by atoms with Crippen LogP contribution in [-0.4, -0.2) is 37.8 Å². The summed E-state index contributed by atoms with van der Waals surface area (Å²) in [5.74, 6) is 0. The summed E-state index contributed by atoms with van der Waals surface area (Å²) in [5.41, 5.74) is 3.30. The molecule has 0 amide bonds. The normalized spacial score (nSPS) is 23.5. The van der Waals surface area contributed by atoms with Crippen molar-refractivity contribution >= 4 is 0 Å². The zero-order chi connectivity index (χ0) is 22.9. The Morgan fingerprint density at radius 3 is 1.61 bits per heavy atom. The maximum Gasteiger partial charge on any atom is 0.186 e. The topological polar surface area (TPSA) is 46.2 Å². The monoisotopic (exact) mass is 448 g/mol. The van der Waals surface area contributed by atoms with Crippen molar-refractivity contribution in [1.82, 2.24) is 0 Å². The molecule has 5 heteroatoms. The lowest BCUT2D eigenvalue weighted by Crippen LogP contribution is -2.42. The molecule has 0 radical (unpaired) electrons. The van der Waals surface area contributed by atoms with Gasteiger partial charge in [0.25, 0.3) is 0 Å². The largest absolute Gasteiger partial charge is 0.371 e. The first-order chi connectivity index (χ1) is 16.2. The summed E-state index contributed by atoms with van der Waals surface area (Å²) < 4.78 is 30.8. The van der Waals surface area contributed by atoms with E-state index in [1.807, 2.05) is 85.8 Å². The van der Waals surface area contributed by atoms with Crippen molar-refractivity contribution < 1.29 is 23.7 Å². The molecule has 3 aromatic rings. The second-order valence-electron chi connectivity index (χ2n) is 8.23. The Balaban J connectivity index is 1.47. The Labute approximate surface area is 196 Å². The molecule has 0 spiro atoms. The van der Waals surface area contributed by atoms with Gasteiger partial charge in [-0.1, -0.05) is 91.0 Å². The Hall–Kier alpha value is -2.54. The van der Waals surface area contributed by atoms with Crippen LogP contribution in [0.5, 0.6) is 0 Å². The van der Waals surface area contributed by atoms with E-state index in [0.29, 0.717) is 19.8 Å². The van der Waals surface area contributed by atoms with Gasteiger partial charge in [-0.3, -0.25) is 0 Å². The van der Waals surface area contributed by atoms with Crippen LogP contribution in [0, 0.1) is 0 Å². The highest BCUT2D eigenvalue weighted by atomic mass is 16.7. The van der Waals surface area contributed by atoms with E-state index in [1.54, 1.807) is 7.11 Å². The molecule has 1 heterocycles. The predicted molar refractivity (Wildman–Crippen MR) is 126 cm³/mol. The molecule has 0 aliphatic carbocycles. The van der Waals surface area contributed by atoms with Crippen LogP contribution in [0.4, 0.5) is 0 Å². The molecular formula is C28H32O5. The van der Waals surface area contributed by atoms with Crippen molar-refractivity contribution in [1.29, 1.82) is 0 Å². The van der Waals surface area contributed by atoms with Crippen molar-refractivity contribution in [2.75, 3.05) is 7.11 Å². The van der Waals surface area contributed by atoms with Crippen molar-refractivity contribution in [3.8, 4) is 0 Å². The van der Waals surface area contributed by atoms with E-state index in [4.69, 9.17) is 23.7 Å². The average Bonchev–Trinajstić information content (AvgIpc) is 3.24. The molecule has 174 valence electrons. The highest BCUT2D eigenvalue weighted by Crippen LogP contribution is 2.32. The molecule has 1 aliphatic heterocycles. The second-order valence-corrected chi connectivity index (χ2v) is 8.23. The van der Waals surface area contributed by atoms with Gasteiger partial charge < -0.3 is 23.7 Å². The fourth-order valence-corrected chi connectivity index (χ4v) is 4.01. The molecule has 0 bridgehead atoms. The third kappa shape index (κ3) is 6.50. The maximum absolute atomic E-state index is 6.40. The molecule has 0 unspecified atom stereocenters. The molecule has 3 aromatic carbocycles. The molecule has 5 atom stereocenters. The molecule has 0 saturated carbocycles. The summed E-state index contributed by atoms with van der Waals surface area (Å²) in [7, 11) is 1.63. The molecule has 0 aromatic heterocycles. The van der Waals surface area contributed by atoms with Gasteiger partial charge in [-0.05, 0) is 23.6 Å². The number of hydrogen-bond acceptors (Lipinski definition) is 5. The first-order valence-corrected chi connectivity index (χ1v) is 11.4. The molecule has 1 aliphatic rings. The molecule has 33 heavy (non-hydrogen) atoms. The van der Waals surface area contributed by atoms with E-state index in [0.717, 1.165) is 16.7 Å². The van der Waals surface area contributed by atoms with Crippen molar-refractivity contribution in [3.63, 3.8) is 0 Å². The number of ether oxygens (including phenoxy) is 5. The first-order valence-electron chi connectivity index (χ1n) is 11.4.